The minimum atomic E-state index is -0.189. The van der Waals surface area contributed by atoms with Gasteiger partial charge in [-0.1, -0.05) is 29.8 Å². The van der Waals surface area contributed by atoms with E-state index in [0.29, 0.717) is 22.1 Å². The van der Waals surface area contributed by atoms with Crippen LogP contribution in [0.3, 0.4) is 0 Å². The summed E-state index contributed by atoms with van der Waals surface area (Å²) in [6.45, 7) is 2.06. The summed E-state index contributed by atoms with van der Waals surface area (Å²) in [4.78, 5) is 13.9. The molecule has 0 unspecified atom stereocenters. The number of ether oxygens (including phenoxy) is 2. The monoisotopic (exact) mass is 418 g/mol. The van der Waals surface area contributed by atoms with Crippen molar-refractivity contribution in [2.24, 2.45) is 0 Å². The van der Waals surface area contributed by atoms with Crippen LogP contribution in [0.1, 0.15) is 15.2 Å². The molecule has 0 aliphatic rings. The molecule has 2 aromatic heterocycles. The summed E-state index contributed by atoms with van der Waals surface area (Å²) < 4.78 is 12.6. The van der Waals surface area contributed by atoms with E-state index in [1.807, 2.05) is 34.5 Å². The Morgan fingerprint density at radius 3 is 2.40 bits per heavy atom. The van der Waals surface area contributed by atoms with E-state index >= 15 is 0 Å². The quantitative estimate of drug-likeness (QED) is 0.432. The third kappa shape index (κ3) is 3.82. The molecule has 30 heavy (non-hydrogen) atoms. The number of amides is 1. The van der Waals surface area contributed by atoms with Gasteiger partial charge in [-0.25, -0.2) is 0 Å². The normalized spacial score (nSPS) is 10.6. The maximum atomic E-state index is 13.3. The molecule has 1 N–H and O–H groups in total. The molecule has 0 radical (unpaired) electrons. The molecule has 2 aromatic carbocycles. The SMILES string of the molecule is COc1ccc(NC(=O)c2scc(-c3ccc(C)cc3)c2-n2cccc2)c(OC)c1. The van der Waals surface area contributed by atoms with Crippen molar-refractivity contribution in [3.63, 3.8) is 0 Å². The van der Waals surface area contributed by atoms with Crippen molar-refractivity contribution in [2.45, 2.75) is 6.92 Å². The molecule has 2 heterocycles. The van der Waals surface area contributed by atoms with Crippen LogP contribution in [-0.2, 0) is 0 Å². The zero-order chi connectivity index (χ0) is 21.1. The molecule has 0 saturated heterocycles. The molecule has 1 amide bonds. The van der Waals surface area contributed by atoms with Crippen LogP contribution in [0.4, 0.5) is 5.69 Å². The molecule has 0 bridgehead atoms. The third-order valence-electron chi connectivity index (χ3n) is 4.85. The van der Waals surface area contributed by atoms with E-state index in [1.165, 1.54) is 16.9 Å². The summed E-state index contributed by atoms with van der Waals surface area (Å²) in [6, 6.07) is 17.5. The minimum absolute atomic E-state index is 0.189. The fourth-order valence-corrected chi connectivity index (χ4v) is 4.24. The number of thiophene rings is 1. The first-order valence-electron chi connectivity index (χ1n) is 9.46. The number of carbonyl (C=O) groups excluding carboxylic acids is 1. The number of anilines is 1. The molecule has 0 fully saturated rings. The third-order valence-corrected chi connectivity index (χ3v) is 5.82. The highest BCUT2D eigenvalue weighted by molar-refractivity contribution is 7.13. The number of rotatable bonds is 6. The molecule has 6 heteroatoms. The van der Waals surface area contributed by atoms with E-state index in [4.69, 9.17) is 9.47 Å². The van der Waals surface area contributed by atoms with Crippen molar-refractivity contribution in [2.75, 3.05) is 19.5 Å². The second kappa shape index (κ2) is 8.47. The highest BCUT2D eigenvalue weighted by Gasteiger charge is 2.21. The summed E-state index contributed by atoms with van der Waals surface area (Å²) in [6.07, 6.45) is 3.90. The number of carbonyl (C=O) groups is 1. The molecule has 5 nitrogen and oxygen atoms in total. The first-order chi connectivity index (χ1) is 14.6. The molecule has 0 aliphatic carbocycles. The molecule has 152 valence electrons. The highest BCUT2D eigenvalue weighted by Crippen LogP contribution is 2.36. The second-order valence-electron chi connectivity index (χ2n) is 6.80. The fourth-order valence-electron chi connectivity index (χ4n) is 3.27. The number of aromatic nitrogens is 1. The Morgan fingerprint density at radius 1 is 1.00 bits per heavy atom. The summed E-state index contributed by atoms with van der Waals surface area (Å²) in [5.41, 5.74) is 4.73. The van der Waals surface area contributed by atoms with E-state index in [0.717, 1.165) is 16.8 Å². The van der Waals surface area contributed by atoms with E-state index < -0.39 is 0 Å². The lowest BCUT2D eigenvalue weighted by Gasteiger charge is -2.13. The highest BCUT2D eigenvalue weighted by atomic mass is 32.1. The number of hydrogen-bond acceptors (Lipinski definition) is 4. The van der Waals surface area contributed by atoms with Crippen molar-refractivity contribution in [1.29, 1.82) is 0 Å². The molecule has 4 rings (SSSR count). The number of methoxy groups -OCH3 is 2. The number of benzene rings is 2. The fraction of sp³-hybridized carbons (Fsp3) is 0.125. The van der Waals surface area contributed by atoms with Crippen LogP contribution < -0.4 is 14.8 Å². The summed E-state index contributed by atoms with van der Waals surface area (Å²) in [7, 11) is 3.16. The molecule has 0 saturated carbocycles. The van der Waals surface area contributed by atoms with E-state index in [9.17, 15) is 4.79 Å². The van der Waals surface area contributed by atoms with Gasteiger partial charge in [-0.15, -0.1) is 11.3 Å². The van der Waals surface area contributed by atoms with Crippen LogP contribution in [0.5, 0.6) is 11.5 Å². The van der Waals surface area contributed by atoms with E-state index in [1.54, 1.807) is 32.4 Å². The Hall–Kier alpha value is -3.51. The maximum absolute atomic E-state index is 13.3. The van der Waals surface area contributed by atoms with E-state index in [-0.39, 0.29) is 5.91 Å². The molecular formula is C24H22N2O3S. The number of hydrogen-bond donors (Lipinski definition) is 1. The molecule has 0 atom stereocenters. The van der Waals surface area contributed by atoms with Crippen molar-refractivity contribution < 1.29 is 14.3 Å². The van der Waals surface area contributed by atoms with Crippen molar-refractivity contribution in [3.05, 3.63) is 82.8 Å². The van der Waals surface area contributed by atoms with Gasteiger partial charge in [0.15, 0.2) is 0 Å². The minimum Gasteiger partial charge on any atom is -0.497 e. The lowest BCUT2D eigenvalue weighted by Crippen LogP contribution is -2.13. The first kappa shape index (κ1) is 19.8. The van der Waals surface area contributed by atoms with Gasteiger partial charge in [0.05, 0.1) is 25.6 Å². The van der Waals surface area contributed by atoms with Gasteiger partial charge in [-0.05, 0) is 36.8 Å². The van der Waals surface area contributed by atoms with Crippen LogP contribution in [-0.4, -0.2) is 24.7 Å². The summed E-state index contributed by atoms with van der Waals surface area (Å²) in [5.74, 6) is 1.02. The zero-order valence-electron chi connectivity index (χ0n) is 17.0. The Bertz CT molecular complexity index is 1160. The lowest BCUT2D eigenvalue weighted by molar-refractivity contribution is 0.103. The predicted molar refractivity (Wildman–Crippen MR) is 121 cm³/mol. The van der Waals surface area contributed by atoms with Gasteiger partial charge in [-0.2, -0.15) is 0 Å². The summed E-state index contributed by atoms with van der Waals surface area (Å²) >= 11 is 1.42. The number of aryl methyl sites for hydroxylation is 1. The average molecular weight is 419 g/mol. The predicted octanol–water partition coefficient (Wildman–Crippen LogP) is 5.78. The standard InChI is InChI=1S/C24H22N2O3S/c1-16-6-8-17(9-7-16)19-15-30-23(22(19)26-12-4-5-13-26)24(27)25-20-11-10-18(28-2)14-21(20)29-3/h4-15H,1-3H3,(H,25,27). The molecule has 0 aliphatic heterocycles. The lowest BCUT2D eigenvalue weighted by atomic mass is 10.0. The van der Waals surface area contributed by atoms with E-state index in [2.05, 4.69) is 36.5 Å². The second-order valence-corrected chi connectivity index (χ2v) is 7.68. The van der Waals surface area contributed by atoms with Gasteiger partial charge in [-0.3, -0.25) is 4.79 Å². The maximum Gasteiger partial charge on any atom is 0.268 e. The van der Waals surface area contributed by atoms with Gasteiger partial charge in [0.25, 0.3) is 5.91 Å². The smallest absolute Gasteiger partial charge is 0.268 e. The molecular weight excluding hydrogens is 396 g/mol. The van der Waals surface area contributed by atoms with Gasteiger partial charge in [0, 0.05) is 29.4 Å². The zero-order valence-corrected chi connectivity index (χ0v) is 17.8. The van der Waals surface area contributed by atoms with Gasteiger partial charge in [0.1, 0.15) is 16.4 Å². The van der Waals surface area contributed by atoms with Crippen LogP contribution >= 0.6 is 11.3 Å². The Morgan fingerprint density at radius 2 is 1.73 bits per heavy atom. The summed E-state index contributed by atoms with van der Waals surface area (Å²) in [5, 5.41) is 5.01. The van der Waals surface area contributed by atoms with Crippen molar-refractivity contribution >= 4 is 22.9 Å². The van der Waals surface area contributed by atoms with Crippen molar-refractivity contribution in [1.82, 2.24) is 4.57 Å². The Balaban J connectivity index is 1.74. The Kier molecular flexibility index (Phi) is 5.59. The topological polar surface area (TPSA) is 52.5 Å². The van der Waals surface area contributed by atoms with Crippen LogP contribution in [0.15, 0.2) is 72.4 Å². The number of nitrogens with one attached hydrogen (secondary N) is 1. The average Bonchev–Trinajstić information content (AvgIpc) is 3.44. The largest absolute Gasteiger partial charge is 0.497 e. The van der Waals surface area contributed by atoms with Gasteiger partial charge in [0.2, 0.25) is 0 Å². The van der Waals surface area contributed by atoms with Gasteiger partial charge < -0.3 is 19.4 Å². The van der Waals surface area contributed by atoms with Crippen molar-refractivity contribution in [3.8, 4) is 28.3 Å². The first-order valence-corrected chi connectivity index (χ1v) is 10.3. The Labute approximate surface area is 179 Å². The van der Waals surface area contributed by atoms with Crippen LogP contribution in [0, 0.1) is 6.92 Å². The van der Waals surface area contributed by atoms with Crippen LogP contribution in [0.2, 0.25) is 0 Å². The van der Waals surface area contributed by atoms with Gasteiger partial charge >= 0.3 is 0 Å². The van der Waals surface area contributed by atoms with Crippen LogP contribution in [0.25, 0.3) is 16.8 Å². The number of nitrogens with zero attached hydrogens (tertiary/aromatic N) is 1. The molecule has 0 spiro atoms. The molecule has 4 aromatic rings.